The number of fused-ring (bicyclic) bond motifs is 2. The molecule has 4 rings (SSSR count). The number of H-pyrrole nitrogens is 1. The lowest BCUT2D eigenvalue weighted by Gasteiger charge is -2.27. The summed E-state index contributed by atoms with van der Waals surface area (Å²) in [6.07, 6.45) is 0. The van der Waals surface area contributed by atoms with Crippen LogP contribution in [0.1, 0.15) is 29.8 Å². The number of para-hydroxylation sites is 1. The molecule has 9 heteroatoms. The van der Waals surface area contributed by atoms with Crippen LogP contribution in [0.5, 0.6) is 0 Å². The van der Waals surface area contributed by atoms with Gasteiger partial charge in [0.1, 0.15) is 5.82 Å². The summed E-state index contributed by atoms with van der Waals surface area (Å²) in [7, 11) is -0.691. The topological polar surface area (TPSA) is 99.3 Å². The van der Waals surface area contributed by atoms with Crippen LogP contribution < -0.4 is 10.7 Å². The number of hydrogen-bond donors (Lipinski definition) is 2. The van der Waals surface area contributed by atoms with Gasteiger partial charge in [-0.1, -0.05) is 24.3 Å². The number of aromatic amines is 1. The average Bonchev–Trinajstić information content (AvgIpc) is 2.79. The zero-order chi connectivity index (χ0) is 24.8. The van der Waals surface area contributed by atoms with Crippen molar-refractivity contribution in [2.24, 2.45) is 0 Å². The molecule has 1 aromatic heterocycles. The number of nitrogens with one attached hydrogen (secondary N) is 2. The van der Waals surface area contributed by atoms with E-state index < -0.39 is 27.3 Å². The summed E-state index contributed by atoms with van der Waals surface area (Å²) in [6, 6.07) is 15.4. The second-order valence-electron chi connectivity index (χ2n) is 8.77. The van der Waals surface area contributed by atoms with Crippen molar-refractivity contribution in [1.29, 1.82) is 0 Å². The number of hydrogen-bond acceptors (Lipinski definition) is 4. The number of sulfonamides is 1. The monoisotopic (exact) mass is 481 g/mol. The van der Waals surface area contributed by atoms with Gasteiger partial charge >= 0.3 is 0 Å². The molecule has 2 N–H and O–H groups in total. The molecular formula is C25H24FN3O4S. The van der Waals surface area contributed by atoms with Gasteiger partial charge in [0.2, 0.25) is 10.0 Å². The van der Waals surface area contributed by atoms with Gasteiger partial charge in [-0.15, -0.1) is 0 Å². The van der Waals surface area contributed by atoms with Gasteiger partial charge in [0.25, 0.3) is 5.91 Å². The van der Waals surface area contributed by atoms with Crippen molar-refractivity contribution in [3.05, 3.63) is 87.8 Å². The highest BCUT2D eigenvalue weighted by Gasteiger charge is 2.26. The summed E-state index contributed by atoms with van der Waals surface area (Å²) in [5.74, 6) is -1.47. The summed E-state index contributed by atoms with van der Waals surface area (Å²) in [4.78, 5) is 29.0. The van der Waals surface area contributed by atoms with Crippen molar-refractivity contribution in [1.82, 2.24) is 14.6 Å². The first-order valence-corrected chi connectivity index (χ1v) is 12.0. The van der Waals surface area contributed by atoms with Crippen molar-refractivity contribution in [3.63, 3.8) is 0 Å². The largest absolute Gasteiger partial charge is 0.354 e. The molecule has 0 radical (unpaired) electrons. The van der Waals surface area contributed by atoms with E-state index in [1.807, 2.05) is 0 Å². The van der Waals surface area contributed by atoms with Crippen molar-refractivity contribution in [2.75, 3.05) is 14.1 Å². The third kappa shape index (κ3) is 4.08. The molecule has 0 bridgehead atoms. The number of amides is 1. The molecule has 34 heavy (non-hydrogen) atoms. The molecule has 176 valence electrons. The summed E-state index contributed by atoms with van der Waals surface area (Å²) >= 11 is 0. The summed E-state index contributed by atoms with van der Waals surface area (Å²) in [5.41, 5.74) is 0.119. The molecule has 1 heterocycles. The quantitative estimate of drug-likeness (QED) is 0.424. The van der Waals surface area contributed by atoms with Gasteiger partial charge < -0.3 is 10.3 Å². The Morgan fingerprint density at radius 2 is 1.62 bits per heavy atom. The highest BCUT2D eigenvalue weighted by atomic mass is 32.2. The van der Waals surface area contributed by atoms with Crippen LogP contribution in [0.15, 0.2) is 70.4 Å². The SMILES string of the molecule is CN(C)S(=O)(=O)c1ccc(C(C)(C)NC(=O)c2cc3[nH]c4ccccc4c(=O)c3cc2F)cc1. The van der Waals surface area contributed by atoms with Gasteiger partial charge in [-0.3, -0.25) is 9.59 Å². The maximum absolute atomic E-state index is 14.9. The van der Waals surface area contributed by atoms with Crippen LogP contribution in [0, 0.1) is 5.82 Å². The fraction of sp³-hybridized carbons (Fsp3) is 0.200. The van der Waals surface area contributed by atoms with E-state index in [9.17, 15) is 22.4 Å². The van der Waals surface area contributed by atoms with Gasteiger partial charge in [0.15, 0.2) is 5.43 Å². The molecule has 7 nitrogen and oxygen atoms in total. The lowest BCUT2D eigenvalue weighted by Crippen LogP contribution is -2.41. The second kappa shape index (κ2) is 8.34. The first-order chi connectivity index (χ1) is 15.9. The number of pyridine rings is 1. The zero-order valence-corrected chi connectivity index (χ0v) is 20.0. The van der Waals surface area contributed by atoms with Crippen LogP contribution in [-0.2, 0) is 15.6 Å². The molecule has 0 unspecified atom stereocenters. The Labute approximate surface area is 196 Å². The third-order valence-electron chi connectivity index (χ3n) is 5.82. The molecule has 0 fully saturated rings. The van der Waals surface area contributed by atoms with Gasteiger partial charge in [-0.25, -0.2) is 17.1 Å². The van der Waals surface area contributed by atoms with E-state index in [-0.39, 0.29) is 21.3 Å². The van der Waals surface area contributed by atoms with Gasteiger partial charge in [0.05, 0.1) is 21.5 Å². The zero-order valence-electron chi connectivity index (χ0n) is 19.1. The fourth-order valence-corrected chi connectivity index (χ4v) is 4.70. The van der Waals surface area contributed by atoms with Crippen molar-refractivity contribution < 1.29 is 17.6 Å². The Hall–Kier alpha value is -3.56. The summed E-state index contributed by atoms with van der Waals surface area (Å²) in [6.45, 7) is 3.46. The molecule has 0 spiro atoms. The third-order valence-corrected chi connectivity index (χ3v) is 7.65. The number of rotatable bonds is 5. The highest BCUT2D eigenvalue weighted by Crippen LogP contribution is 2.25. The molecule has 4 aromatic rings. The minimum atomic E-state index is -3.58. The number of nitrogens with zero attached hydrogens (tertiary/aromatic N) is 1. The van der Waals surface area contributed by atoms with E-state index in [4.69, 9.17) is 0 Å². The number of halogens is 1. The number of carbonyl (C=O) groups excluding carboxylic acids is 1. The van der Waals surface area contributed by atoms with Gasteiger partial charge in [-0.05, 0) is 55.8 Å². The Morgan fingerprint density at radius 1 is 0.971 bits per heavy atom. The lowest BCUT2D eigenvalue weighted by atomic mass is 9.93. The molecule has 0 aliphatic rings. The standard InChI is InChI=1S/C25H24FN3O4S/c1-25(2,15-9-11-16(12-10-15)34(32,33)29(3)4)28-24(31)18-14-22-19(13-20(18)26)23(30)17-7-5-6-8-21(17)27-22/h5-14H,1-4H3,(H,27,30)(H,28,31). The number of carbonyl (C=O) groups is 1. The van der Waals surface area contributed by atoms with Crippen LogP contribution in [0.3, 0.4) is 0 Å². The van der Waals surface area contributed by atoms with Crippen LogP contribution >= 0.6 is 0 Å². The molecule has 0 saturated heterocycles. The average molecular weight is 482 g/mol. The molecule has 0 aliphatic carbocycles. The molecule has 0 saturated carbocycles. The Kier molecular flexibility index (Phi) is 5.79. The predicted molar refractivity (Wildman–Crippen MR) is 130 cm³/mol. The first kappa shape index (κ1) is 23.6. The molecular weight excluding hydrogens is 457 g/mol. The van der Waals surface area contributed by atoms with Crippen LogP contribution in [-0.4, -0.2) is 37.7 Å². The predicted octanol–water partition coefficient (Wildman–Crippen LogP) is 3.74. The Bertz CT molecular complexity index is 1590. The fourth-order valence-electron chi connectivity index (χ4n) is 3.80. The van der Waals surface area contributed by atoms with Crippen LogP contribution in [0.4, 0.5) is 4.39 Å². The Balaban J connectivity index is 1.67. The first-order valence-electron chi connectivity index (χ1n) is 10.5. The minimum absolute atomic E-state index is 0.125. The maximum Gasteiger partial charge on any atom is 0.255 e. The van der Waals surface area contributed by atoms with Gasteiger partial charge in [0, 0.05) is 30.4 Å². The van der Waals surface area contributed by atoms with E-state index in [2.05, 4.69) is 10.3 Å². The van der Waals surface area contributed by atoms with E-state index in [0.717, 1.165) is 10.4 Å². The van der Waals surface area contributed by atoms with Crippen molar-refractivity contribution in [3.8, 4) is 0 Å². The summed E-state index contributed by atoms with van der Waals surface area (Å²) in [5, 5.41) is 3.39. The highest BCUT2D eigenvalue weighted by molar-refractivity contribution is 7.89. The van der Waals surface area contributed by atoms with Crippen molar-refractivity contribution in [2.45, 2.75) is 24.3 Å². The summed E-state index contributed by atoms with van der Waals surface area (Å²) < 4.78 is 40.6. The van der Waals surface area contributed by atoms with E-state index in [1.165, 1.54) is 32.3 Å². The lowest BCUT2D eigenvalue weighted by molar-refractivity contribution is 0.0908. The molecule has 0 aliphatic heterocycles. The minimum Gasteiger partial charge on any atom is -0.354 e. The second-order valence-corrected chi connectivity index (χ2v) is 10.9. The van der Waals surface area contributed by atoms with Crippen molar-refractivity contribution >= 4 is 37.7 Å². The molecule has 3 aromatic carbocycles. The number of aromatic nitrogens is 1. The van der Waals surface area contributed by atoms with E-state index in [0.29, 0.717) is 22.0 Å². The van der Waals surface area contributed by atoms with Crippen LogP contribution in [0.2, 0.25) is 0 Å². The van der Waals surface area contributed by atoms with Crippen LogP contribution in [0.25, 0.3) is 21.8 Å². The normalized spacial score (nSPS) is 12.4. The Morgan fingerprint density at radius 3 is 2.26 bits per heavy atom. The van der Waals surface area contributed by atoms with E-state index in [1.54, 1.807) is 50.2 Å². The molecule has 1 amide bonds. The van der Waals surface area contributed by atoms with Gasteiger partial charge in [-0.2, -0.15) is 0 Å². The number of benzene rings is 3. The van der Waals surface area contributed by atoms with E-state index >= 15 is 0 Å². The smallest absolute Gasteiger partial charge is 0.255 e. The molecule has 0 atom stereocenters. The maximum atomic E-state index is 14.9.